The summed E-state index contributed by atoms with van der Waals surface area (Å²) in [6.45, 7) is 0. The highest BCUT2D eigenvalue weighted by atomic mass is 19.4. The molecule has 4 aromatic rings. The third kappa shape index (κ3) is 3.64. The number of benzene rings is 2. The van der Waals surface area contributed by atoms with E-state index in [9.17, 15) is 18.0 Å². The second kappa shape index (κ2) is 6.92. The van der Waals surface area contributed by atoms with E-state index in [1.54, 1.807) is 18.5 Å². The van der Waals surface area contributed by atoms with Gasteiger partial charge >= 0.3 is 6.18 Å². The summed E-state index contributed by atoms with van der Waals surface area (Å²) in [5, 5.41) is 8.55. The van der Waals surface area contributed by atoms with Crippen molar-refractivity contribution in [2.45, 2.75) is 6.18 Å². The molecule has 9 heteroatoms. The number of aryl methyl sites for hydroxylation is 1. The maximum absolute atomic E-state index is 12.5. The van der Waals surface area contributed by atoms with Crippen LogP contribution in [0, 0.1) is 11.3 Å². The molecular weight excluding hydrogens is 359 g/mol. The van der Waals surface area contributed by atoms with Gasteiger partial charge < -0.3 is 9.55 Å². The lowest BCUT2D eigenvalue weighted by Crippen LogP contribution is -2.12. The summed E-state index contributed by atoms with van der Waals surface area (Å²) in [7, 11) is 1.27. The van der Waals surface area contributed by atoms with Crippen molar-refractivity contribution in [3.05, 3.63) is 59.7 Å². The Morgan fingerprint density at radius 3 is 2.59 bits per heavy atom. The van der Waals surface area contributed by atoms with Gasteiger partial charge in [-0.3, -0.25) is 4.79 Å². The minimum absolute atomic E-state index is 0.223. The van der Waals surface area contributed by atoms with Gasteiger partial charge in [0.15, 0.2) is 0 Å². The molecule has 0 atom stereocenters. The molecule has 6 nitrogen and oxygen atoms in total. The van der Waals surface area contributed by atoms with Gasteiger partial charge in [-0.1, -0.05) is 0 Å². The van der Waals surface area contributed by atoms with E-state index in [4.69, 9.17) is 5.26 Å². The van der Waals surface area contributed by atoms with Crippen LogP contribution in [0.4, 0.5) is 13.2 Å². The number of nitrogens with zero attached hydrogens (tertiary/aromatic N) is 4. The van der Waals surface area contributed by atoms with E-state index in [0.717, 1.165) is 15.6 Å². The molecule has 0 saturated carbocycles. The Morgan fingerprint density at radius 2 is 1.93 bits per heavy atom. The van der Waals surface area contributed by atoms with E-state index in [2.05, 4.69) is 21.0 Å². The molecule has 1 N–H and O–H groups in total. The Balaban J connectivity index is 0.000000166. The van der Waals surface area contributed by atoms with Gasteiger partial charge in [-0.2, -0.15) is 18.4 Å². The number of H-pyrrole nitrogens is 1. The molecule has 136 valence electrons. The van der Waals surface area contributed by atoms with Crippen molar-refractivity contribution in [3.63, 3.8) is 0 Å². The van der Waals surface area contributed by atoms with E-state index >= 15 is 0 Å². The SMILES string of the molecule is Cn1c(C(F)(F)F)nc2ccc(C=O)cc21.N#Cc1ccc2nc[nH]c2c1. The molecule has 0 aliphatic carbocycles. The fourth-order valence-corrected chi connectivity index (χ4v) is 2.54. The molecule has 0 fully saturated rings. The second-order valence-corrected chi connectivity index (χ2v) is 5.60. The number of halogens is 3. The minimum atomic E-state index is -4.49. The van der Waals surface area contributed by atoms with Crippen LogP contribution in [0.3, 0.4) is 0 Å². The number of nitriles is 1. The molecule has 0 radical (unpaired) electrons. The smallest absolute Gasteiger partial charge is 0.345 e. The summed E-state index contributed by atoms with van der Waals surface area (Å²) in [6, 6.07) is 11.6. The van der Waals surface area contributed by atoms with Crippen molar-refractivity contribution >= 4 is 28.4 Å². The third-order valence-corrected chi connectivity index (χ3v) is 3.84. The van der Waals surface area contributed by atoms with Crippen molar-refractivity contribution in [3.8, 4) is 6.07 Å². The lowest BCUT2D eigenvalue weighted by molar-refractivity contribution is -0.146. The summed E-state index contributed by atoms with van der Waals surface area (Å²) in [4.78, 5) is 21.0. The van der Waals surface area contributed by atoms with Crippen LogP contribution in [-0.2, 0) is 13.2 Å². The van der Waals surface area contributed by atoms with Crippen LogP contribution in [0.25, 0.3) is 22.1 Å². The van der Waals surface area contributed by atoms with Crippen LogP contribution in [0.2, 0.25) is 0 Å². The summed E-state index contributed by atoms with van der Waals surface area (Å²) in [5.41, 5.74) is 3.29. The van der Waals surface area contributed by atoms with E-state index in [1.165, 1.54) is 25.2 Å². The molecule has 0 amide bonds. The van der Waals surface area contributed by atoms with Crippen LogP contribution < -0.4 is 0 Å². The molecule has 4 rings (SSSR count). The zero-order valence-electron chi connectivity index (χ0n) is 13.9. The van der Waals surface area contributed by atoms with Gasteiger partial charge in [0, 0.05) is 12.6 Å². The second-order valence-electron chi connectivity index (χ2n) is 5.60. The number of fused-ring (bicyclic) bond motifs is 2. The number of carbonyl (C=O) groups is 1. The predicted octanol–water partition coefficient (Wildman–Crippen LogP) is 3.84. The van der Waals surface area contributed by atoms with Gasteiger partial charge in [0.2, 0.25) is 5.82 Å². The number of nitrogens with one attached hydrogen (secondary N) is 1. The highest BCUT2D eigenvalue weighted by Crippen LogP contribution is 2.30. The van der Waals surface area contributed by atoms with E-state index in [0.29, 0.717) is 17.4 Å². The lowest BCUT2D eigenvalue weighted by atomic mass is 10.2. The van der Waals surface area contributed by atoms with Crippen LogP contribution in [0.15, 0.2) is 42.7 Å². The average molecular weight is 371 g/mol. The molecule has 0 aliphatic rings. The van der Waals surface area contributed by atoms with Gasteiger partial charge in [0.1, 0.15) is 6.29 Å². The molecule has 2 aromatic carbocycles. The van der Waals surface area contributed by atoms with Gasteiger partial charge in [-0.25, -0.2) is 9.97 Å². The standard InChI is InChI=1S/C10H7F3N2O.C8H5N3/c1-15-8-4-6(5-16)2-3-7(8)14-9(15)10(11,12)13;9-4-6-1-2-7-8(3-6)11-5-10-7/h2-5H,1H3;1-3,5H,(H,10,11). The highest BCUT2D eigenvalue weighted by Gasteiger charge is 2.36. The minimum Gasteiger partial charge on any atom is -0.345 e. The number of imidazole rings is 2. The van der Waals surface area contributed by atoms with Crippen LogP contribution >= 0.6 is 0 Å². The first-order chi connectivity index (χ1) is 12.8. The Bertz CT molecular complexity index is 1170. The quantitative estimate of drug-likeness (QED) is 0.515. The zero-order valence-corrected chi connectivity index (χ0v) is 13.9. The van der Waals surface area contributed by atoms with Gasteiger partial charge in [0.05, 0.1) is 40.0 Å². The van der Waals surface area contributed by atoms with E-state index in [1.807, 2.05) is 6.07 Å². The number of aromatic nitrogens is 4. The molecule has 27 heavy (non-hydrogen) atoms. The number of alkyl halides is 3. The average Bonchev–Trinajstić information content (AvgIpc) is 3.25. The summed E-state index contributed by atoms with van der Waals surface area (Å²) in [6.07, 6.45) is -2.29. The van der Waals surface area contributed by atoms with Crippen molar-refractivity contribution < 1.29 is 18.0 Å². The summed E-state index contributed by atoms with van der Waals surface area (Å²) >= 11 is 0. The predicted molar refractivity (Wildman–Crippen MR) is 91.9 cm³/mol. The fraction of sp³-hybridized carbons (Fsp3) is 0.111. The van der Waals surface area contributed by atoms with Crippen LogP contribution in [-0.4, -0.2) is 25.8 Å². The fourth-order valence-electron chi connectivity index (χ4n) is 2.54. The molecule has 0 unspecified atom stereocenters. The normalized spacial score (nSPS) is 11.1. The highest BCUT2D eigenvalue weighted by molar-refractivity contribution is 5.85. The molecule has 0 aliphatic heterocycles. The topological polar surface area (TPSA) is 87.4 Å². The maximum Gasteiger partial charge on any atom is 0.449 e. The van der Waals surface area contributed by atoms with Crippen molar-refractivity contribution in [1.82, 2.24) is 19.5 Å². The summed E-state index contributed by atoms with van der Waals surface area (Å²) in [5.74, 6) is -0.967. The molecular formula is C18H12F3N5O. The van der Waals surface area contributed by atoms with Gasteiger partial charge in [-0.05, 0) is 36.4 Å². The lowest BCUT2D eigenvalue weighted by Gasteiger charge is -2.05. The van der Waals surface area contributed by atoms with E-state index < -0.39 is 12.0 Å². The van der Waals surface area contributed by atoms with Gasteiger partial charge in [-0.15, -0.1) is 0 Å². The third-order valence-electron chi connectivity index (χ3n) is 3.84. The zero-order chi connectivity index (χ0) is 19.6. The number of aldehydes is 1. The molecule has 0 bridgehead atoms. The van der Waals surface area contributed by atoms with Crippen LogP contribution in [0.1, 0.15) is 21.7 Å². The number of hydrogen-bond donors (Lipinski definition) is 1. The van der Waals surface area contributed by atoms with Crippen LogP contribution in [0.5, 0.6) is 0 Å². The molecule has 0 saturated heterocycles. The van der Waals surface area contributed by atoms with Crippen molar-refractivity contribution in [1.29, 1.82) is 5.26 Å². The Kier molecular flexibility index (Phi) is 4.64. The van der Waals surface area contributed by atoms with Crippen molar-refractivity contribution in [2.75, 3.05) is 0 Å². The Labute approximate surface area is 150 Å². The Morgan fingerprint density at radius 1 is 1.19 bits per heavy atom. The molecule has 2 heterocycles. The monoisotopic (exact) mass is 371 g/mol. The number of rotatable bonds is 1. The first kappa shape index (κ1) is 18.1. The van der Waals surface area contributed by atoms with Gasteiger partial charge in [0.25, 0.3) is 0 Å². The van der Waals surface area contributed by atoms with E-state index in [-0.39, 0.29) is 11.0 Å². The van der Waals surface area contributed by atoms with Crippen molar-refractivity contribution in [2.24, 2.45) is 7.05 Å². The number of hydrogen-bond acceptors (Lipinski definition) is 4. The number of carbonyl (C=O) groups excluding carboxylic acids is 1. The molecule has 0 spiro atoms. The number of aromatic amines is 1. The first-order valence-electron chi connectivity index (χ1n) is 7.65. The Hall–Kier alpha value is -3.67. The first-order valence-corrected chi connectivity index (χ1v) is 7.65. The largest absolute Gasteiger partial charge is 0.449 e. The maximum atomic E-state index is 12.5. The summed E-state index contributed by atoms with van der Waals surface area (Å²) < 4.78 is 38.5. The molecule has 2 aromatic heterocycles.